The first kappa shape index (κ1) is 13.4. The molecule has 18 heavy (non-hydrogen) atoms. The second kappa shape index (κ2) is 5.28. The Hall–Kier alpha value is -1.07. The summed E-state index contributed by atoms with van der Waals surface area (Å²) in [6.45, 7) is 4.99. The third-order valence-corrected chi connectivity index (χ3v) is 4.97. The third-order valence-electron chi connectivity index (χ3n) is 3.23. The third kappa shape index (κ3) is 3.46. The van der Waals surface area contributed by atoms with Crippen LogP contribution < -0.4 is 10.1 Å². The summed E-state index contributed by atoms with van der Waals surface area (Å²) in [5.74, 6) is 1.19. The Morgan fingerprint density at radius 1 is 1.33 bits per heavy atom. The van der Waals surface area contributed by atoms with Crippen molar-refractivity contribution in [3.05, 3.63) is 29.3 Å². The molecule has 1 aliphatic heterocycles. The van der Waals surface area contributed by atoms with Crippen molar-refractivity contribution in [2.45, 2.75) is 19.9 Å². The number of hydrogen-bond acceptors (Lipinski definition) is 4. The molecule has 0 saturated carbocycles. The zero-order chi connectivity index (χ0) is 13.2. The summed E-state index contributed by atoms with van der Waals surface area (Å²) in [4.78, 5) is 0. The molecule has 1 unspecified atom stereocenters. The summed E-state index contributed by atoms with van der Waals surface area (Å²) < 4.78 is 28.6. The van der Waals surface area contributed by atoms with E-state index in [-0.39, 0.29) is 17.5 Å². The van der Waals surface area contributed by atoms with E-state index >= 15 is 0 Å². The van der Waals surface area contributed by atoms with Crippen LogP contribution in [-0.2, 0) is 9.84 Å². The van der Waals surface area contributed by atoms with Crippen LogP contribution in [0.3, 0.4) is 0 Å². The minimum atomic E-state index is -2.89. The molecule has 1 aromatic carbocycles. The fourth-order valence-electron chi connectivity index (χ4n) is 1.97. The molecule has 1 fully saturated rings. The molecule has 5 heteroatoms. The number of rotatable bonds is 3. The van der Waals surface area contributed by atoms with E-state index in [4.69, 9.17) is 4.74 Å². The number of benzene rings is 1. The van der Waals surface area contributed by atoms with Gasteiger partial charge in [0.2, 0.25) is 0 Å². The van der Waals surface area contributed by atoms with Crippen LogP contribution >= 0.6 is 0 Å². The minimum Gasteiger partial charge on any atom is -0.492 e. The number of ether oxygens (including phenoxy) is 1. The monoisotopic (exact) mass is 269 g/mol. The summed E-state index contributed by atoms with van der Waals surface area (Å²) in [5, 5.41) is 3.17. The van der Waals surface area contributed by atoms with Crippen LogP contribution in [0.25, 0.3) is 0 Å². The molecule has 1 aromatic rings. The van der Waals surface area contributed by atoms with Gasteiger partial charge in [-0.1, -0.05) is 6.07 Å². The standard InChI is InChI=1S/C13H19NO3S/c1-10-3-4-13(7-11(10)2)17-8-12-9-18(15,16)6-5-14-12/h3-4,7,12,14H,5-6,8-9H2,1-2H3. The lowest BCUT2D eigenvalue weighted by atomic mass is 10.1. The van der Waals surface area contributed by atoms with Gasteiger partial charge < -0.3 is 10.1 Å². The van der Waals surface area contributed by atoms with Crippen LogP contribution in [0.5, 0.6) is 5.75 Å². The molecular weight excluding hydrogens is 250 g/mol. The van der Waals surface area contributed by atoms with Gasteiger partial charge in [0.25, 0.3) is 0 Å². The van der Waals surface area contributed by atoms with Gasteiger partial charge in [-0.25, -0.2) is 8.42 Å². The summed E-state index contributed by atoms with van der Waals surface area (Å²) in [6.07, 6.45) is 0. The molecule has 0 aromatic heterocycles. The maximum Gasteiger partial charge on any atom is 0.153 e. The van der Waals surface area contributed by atoms with Gasteiger partial charge in [0.15, 0.2) is 9.84 Å². The first-order chi connectivity index (χ1) is 8.46. The highest BCUT2D eigenvalue weighted by Gasteiger charge is 2.24. The normalized spacial score (nSPS) is 22.7. The van der Waals surface area contributed by atoms with E-state index in [0.29, 0.717) is 13.2 Å². The van der Waals surface area contributed by atoms with Crippen molar-refractivity contribution >= 4 is 9.84 Å². The quantitative estimate of drug-likeness (QED) is 0.892. The Morgan fingerprint density at radius 3 is 2.78 bits per heavy atom. The van der Waals surface area contributed by atoms with E-state index in [9.17, 15) is 8.42 Å². The van der Waals surface area contributed by atoms with Crippen LogP contribution in [0.1, 0.15) is 11.1 Å². The smallest absolute Gasteiger partial charge is 0.153 e. The van der Waals surface area contributed by atoms with Crippen molar-refractivity contribution in [2.24, 2.45) is 0 Å². The molecule has 2 rings (SSSR count). The predicted molar refractivity (Wildman–Crippen MR) is 71.9 cm³/mol. The number of aryl methyl sites for hydroxylation is 2. The maximum absolute atomic E-state index is 11.5. The van der Waals surface area contributed by atoms with Gasteiger partial charge in [0.05, 0.1) is 17.5 Å². The molecule has 0 aliphatic carbocycles. The first-order valence-corrected chi connectivity index (χ1v) is 7.92. The van der Waals surface area contributed by atoms with Gasteiger partial charge in [-0.05, 0) is 37.1 Å². The van der Waals surface area contributed by atoms with Crippen LogP contribution in [0, 0.1) is 13.8 Å². The second-order valence-electron chi connectivity index (χ2n) is 4.82. The molecule has 1 aliphatic rings. The predicted octanol–water partition coefficient (Wildman–Crippen LogP) is 1.07. The largest absolute Gasteiger partial charge is 0.492 e. The Morgan fingerprint density at radius 2 is 2.11 bits per heavy atom. The van der Waals surface area contributed by atoms with Crippen LogP contribution in [0.15, 0.2) is 18.2 Å². The molecule has 0 radical (unpaired) electrons. The van der Waals surface area contributed by atoms with Crippen molar-refractivity contribution in [2.75, 3.05) is 24.7 Å². The highest BCUT2D eigenvalue weighted by atomic mass is 32.2. The highest BCUT2D eigenvalue weighted by molar-refractivity contribution is 7.91. The number of sulfone groups is 1. The molecule has 0 bridgehead atoms. The molecular formula is C13H19NO3S. The molecule has 100 valence electrons. The van der Waals surface area contributed by atoms with Crippen molar-refractivity contribution in [3.8, 4) is 5.75 Å². The number of nitrogens with one attached hydrogen (secondary N) is 1. The lowest BCUT2D eigenvalue weighted by molar-refractivity contribution is 0.273. The molecule has 0 spiro atoms. The Bertz CT molecular complexity index is 525. The van der Waals surface area contributed by atoms with E-state index in [1.807, 2.05) is 32.0 Å². The topological polar surface area (TPSA) is 55.4 Å². The lowest BCUT2D eigenvalue weighted by Crippen LogP contribution is -2.48. The van der Waals surface area contributed by atoms with E-state index in [1.54, 1.807) is 0 Å². The number of hydrogen-bond donors (Lipinski definition) is 1. The zero-order valence-corrected chi connectivity index (χ0v) is 11.6. The fourth-order valence-corrected chi connectivity index (χ4v) is 3.40. The summed E-state index contributed by atoms with van der Waals surface area (Å²) in [6, 6.07) is 5.80. The van der Waals surface area contributed by atoms with Crippen LogP contribution in [0.4, 0.5) is 0 Å². The molecule has 1 heterocycles. The summed E-state index contributed by atoms with van der Waals surface area (Å²) in [7, 11) is -2.89. The average molecular weight is 269 g/mol. The summed E-state index contributed by atoms with van der Waals surface area (Å²) >= 11 is 0. The molecule has 4 nitrogen and oxygen atoms in total. The van der Waals surface area contributed by atoms with Gasteiger partial charge in [0, 0.05) is 6.54 Å². The van der Waals surface area contributed by atoms with Crippen molar-refractivity contribution in [3.63, 3.8) is 0 Å². The minimum absolute atomic E-state index is 0.106. The van der Waals surface area contributed by atoms with Gasteiger partial charge >= 0.3 is 0 Å². The molecule has 1 saturated heterocycles. The molecule has 0 amide bonds. The van der Waals surface area contributed by atoms with Crippen molar-refractivity contribution in [1.82, 2.24) is 5.32 Å². The van der Waals surface area contributed by atoms with E-state index in [0.717, 1.165) is 5.75 Å². The first-order valence-electron chi connectivity index (χ1n) is 6.10. The maximum atomic E-state index is 11.5. The lowest BCUT2D eigenvalue weighted by Gasteiger charge is -2.23. The zero-order valence-electron chi connectivity index (χ0n) is 10.8. The van der Waals surface area contributed by atoms with E-state index in [2.05, 4.69) is 5.32 Å². The Labute approximate surface area is 108 Å². The second-order valence-corrected chi connectivity index (χ2v) is 7.05. The van der Waals surface area contributed by atoms with E-state index < -0.39 is 9.84 Å². The van der Waals surface area contributed by atoms with Crippen molar-refractivity contribution < 1.29 is 13.2 Å². The fraction of sp³-hybridized carbons (Fsp3) is 0.538. The van der Waals surface area contributed by atoms with Crippen molar-refractivity contribution in [1.29, 1.82) is 0 Å². The van der Waals surface area contributed by atoms with Gasteiger partial charge in [-0.15, -0.1) is 0 Å². The van der Waals surface area contributed by atoms with Gasteiger partial charge in [0.1, 0.15) is 12.4 Å². The molecule has 1 N–H and O–H groups in total. The SMILES string of the molecule is Cc1ccc(OCC2CS(=O)(=O)CCN2)cc1C. The average Bonchev–Trinajstić information content (AvgIpc) is 2.29. The summed E-state index contributed by atoms with van der Waals surface area (Å²) in [5.41, 5.74) is 2.40. The van der Waals surface area contributed by atoms with Gasteiger partial charge in [-0.3, -0.25) is 0 Å². The van der Waals surface area contributed by atoms with Crippen LogP contribution in [0.2, 0.25) is 0 Å². The Balaban J connectivity index is 1.93. The van der Waals surface area contributed by atoms with E-state index in [1.165, 1.54) is 11.1 Å². The molecule has 1 atom stereocenters. The highest BCUT2D eigenvalue weighted by Crippen LogP contribution is 2.16. The van der Waals surface area contributed by atoms with Gasteiger partial charge in [-0.2, -0.15) is 0 Å². The van der Waals surface area contributed by atoms with Crippen LogP contribution in [-0.4, -0.2) is 39.1 Å². The Kier molecular flexibility index (Phi) is 3.92.